The molecule has 0 fully saturated rings. The van der Waals surface area contributed by atoms with E-state index in [-0.39, 0.29) is 18.0 Å². The highest BCUT2D eigenvalue weighted by atomic mass is 32.1. The molecule has 2 unspecified atom stereocenters. The second kappa shape index (κ2) is 8.55. The minimum Gasteiger partial charge on any atom is -0.481 e. The van der Waals surface area contributed by atoms with Crippen LogP contribution in [0, 0.1) is 5.92 Å². The fourth-order valence-corrected chi connectivity index (χ4v) is 1.55. The third-order valence-corrected chi connectivity index (χ3v) is 2.81. The first-order valence-corrected chi connectivity index (χ1v) is 5.98. The summed E-state index contributed by atoms with van der Waals surface area (Å²) >= 11 is 3.90. The summed E-state index contributed by atoms with van der Waals surface area (Å²) in [5.74, 6) is -1.59. The third kappa shape index (κ3) is 6.09. The summed E-state index contributed by atoms with van der Waals surface area (Å²) in [6.45, 7) is 0.538. The van der Waals surface area contributed by atoms with Crippen molar-refractivity contribution in [3.05, 3.63) is 0 Å². The fraction of sp³-hybridized carbons (Fsp3) is 0.800. The molecule has 0 aliphatic carbocycles. The van der Waals surface area contributed by atoms with Crippen molar-refractivity contribution in [2.75, 3.05) is 12.3 Å². The Kier molecular flexibility index (Phi) is 8.23. The number of unbranched alkanes of at least 4 members (excludes halogenated alkanes) is 1. The number of nitrogens with two attached hydrogens (primary N) is 2. The summed E-state index contributed by atoms with van der Waals surface area (Å²) in [5.41, 5.74) is 10.8. The smallest absolute Gasteiger partial charge is 0.306 e. The van der Waals surface area contributed by atoms with Crippen LogP contribution in [0.2, 0.25) is 0 Å². The van der Waals surface area contributed by atoms with E-state index in [2.05, 4.69) is 12.6 Å². The lowest BCUT2D eigenvalue weighted by Gasteiger charge is -2.13. The van der Waals surface area contributed by atoms with E-state index in [0.29, 0.717) is 13.0 Å². The summed E-state index contributed by atoms with van der Waals surface area (Å²) in [6.07, 6.45) is 1.95. The van der Waals surface area contributed by atoms with Gasteiger partial charge in [-0.2, -0.15) is 12.6 Å². The number of hydrogen-bond acceptors (Lipinski definition) is 5. The Morgan fingerprint density at radius 1 is 1.31 bits per heavy atom. The zero-order valence-corrected chi connectivity index (χ0v) is 10.2. The number of rotatable bonds is 9. The highest BCUT2D eigenvalue weighted by molar-refractivity contribution is 7.80. The first kappa shape index (κ1) is 15.4. The van der Waals surface area contributed by atoms with Gasteiger partial charge in [0.1, 0.15) is 0 Å². The van der Waals surface area contributed by atoms with Crippen molar-refractivity contribution in [3.63, 3.8) is 0 Å². The van der Waals surface area contributed by atoms with Crippen molar-refractivity contribution in [1.82, 2.24) is 0 Å². The Bertz CT molecular complexity index is 236. The normalized spacial score (nSPS) is 14.4. The van der Waals surface area contributed by atoms with Crippen molar-refractivity contribution in [1.29, 1.82) is 0 Å². The first-order valence-electron chi connectivity index (χ1n) is 5.35. The molecule has 0 heterocycles. The van der Waals surface area contributed by atoms with E-state index in [1.807, 2.05) is 0 Å². The van der Waals surface area contributed by atoms with Crippen LogP contribution in [0.3, 0.4) is 0 Å². The van der Waals surface area contributed by atoms with Crippen LogP contribution in [-0.2, 0) is 9.59 Å². The second-order valence-corrected chi connectivity index (χ2v) is 4.14. The molecule has 0 amide bonds. The predicted octanol–water partition coefficient (Wildman–Crippen LogP) is 0.0325. The van der Waals surface area contributed by atoms with Gasteiger partial charge in [0.15, 0.2) is 5.78 Å². The molecule has 6 heteroatoms. The fourth-order valence-electron chi connectivity index (χ4n) is 1.34. The van der Waals surface area contributed by atoms with Crippen molar-refractivity contribution < 1.29 is 14.7 Å². The Balaban J connectivity index is 4.12. The molecule has 0 saturated carbocycles. The van der Waals surface area contributed by atoms with Crippen LogP contribution < -0.4 is 11.5 Å². The van der Waals surface area contributed by atoms with E-state index >= 15 is 0 Å². The summed E-state index contributed by atoms with van der Waals surface area (Å²) < 4.78 is 0. The van der Waals surface area contributed by atoms with Crippen molar-refractivity contribution in [2.45, 2.75) is 31.7 Å². The van der Waals surface area contributed by atoms with Crippen molar-refractivity contribution in [2.24, 2.45) is 17.4 Å². The maximum Gasteiger partial charge on any atom is 0.306 e. The lowest BCUT2D eigenvalue weighted by molar-refractivity contribution is -0.144. The molecule has 0 saturated heterocycles. The number of aliphatic carboxylic acids is 1. The minimum absolute atomic E-state index is 0.0123. The van der Waals surface area contributed by atoms with Crippen LogP contribution in [0.25, 0.3) is 0 Å². The number of hydrogen-bond donors (Lipinski definition) is 4. The third-order valence-electron chi connectivity index (χ3n) is 2.41. The number of carboxylic acids is 1. The van der Waals surface area contributed by atoms with Crippen molar-refractivity contribution in [3.8, 4) is 0 Å². The summed E-state index contributed by atoms with van der Waals surface area (Å²) in [7, 11) is 0. The number of thiol groups is 1. The number of ketones is 1. The SMILES string of the molecule is NCCCCC(CC(=O)C(N)CS)C(=O)O. The van der Waals surface area contributed by atoms with Crippen LogP contribution in [0.4, 0.5) is 0 Å². The van der Waals surface area contributed by atoms with E-state index < -0.39 is 17.9 Å². The first-order chi connectivity index (χ1) is 7.52. The largest absolute Gasteiger partial charge is 0.481 e. The lowest BCUT2D eigenvalue weighted by atomic mass is 9.94. The average molecular weight is 248 g/mol. The van der Waals surface area contributed by atoms with Gasteiger partial charge < -0.3 is 16.6 Å². The zero-order chi connectivity index (χ0) is 12.6. The van der Waals surface area contributed by atoms with E-state index in [1.165, 1.54) is 0 Å². The Morgan fingerprint density at radius 3 is 2.38 bits per heavy atom. The van der Waals surface area contributed by atoms with Crippen LogP contribution in [0.15, 0.2) is 0 Å². The Hall–Kier alpha value is -0.590. The molecule has 0 radical (unpaired) electrons. The van der Waals surface area contributed by atoms with Gasteiger partial charge in [-0.25, -0.2) is 0 Å². The molecular weight excluding hydrogens is 228 g/mol. The maximum atomic E-state index is 11.5. The second-order valence-electron chi connectivity index (χ2n) is 3.78. The van der Waals surface area contributed by atoms with Gasteiger partial charge in [-0.15, -0.1) is 0 Å². The number of carboxylic acid groups (broad SMARTS) is 1. The monoisotopic (exact) mass is 248 g/mol. The molecule has 0 rings (SSSR count). The highest BCUT2D eigenvalue weighted by Crippen LogP contribution is 2.14. The van der Waals surface area contributed by atoms with Gasteiger partial charge in [0.2, 0.25) is 0 Å². The molecule has 0 bridgehead atoms. The molecule has 0 aromatic carbocycles. The summed E-state index contributed by atoms with van der Waals surface area (Å²) in [4.78, 5) is 22.4. The maximum absolute atomic E-state index is 11.5. The molecule has 0 aromatic heterocycles. The lowest BCUT2D eigenvalue weighted by Crippen LogP contribution is -2.34. The Morgan fingerprint density at radius 2 is 1.94 bits per heavy atom. The molecule has 0 aliphatic heterocycles. The predicted molar refractivity (Wildman–Crippen MR) is 65.5 cm³/mol. The molecule has 0 aromatic rings. The van der Waals surface area contributed by atoms with Crippen molar-refractivity contribution >= 4 is 24.4 Å². The molecule has 5 N–H and O–H groups in total. The standard InChI is InChI=1S/C10H20N2O3S/c11-4-2-1-3-7(10(14)15)5-9(13)8(12)6-16/h7-8,16H,1-6,11-12H2,(H,14,15). The van der Waals surface area contributed by atoms with Gasteiger partial charge in [-0.3, -0.25) is 9.59 Å². The molecule has 0 aliphatic rings. The number of Topliss-reactive ketones (excluding diaryl/α,β-unsaturated/α-hetero) is 1. The molecule has 16 heavy (non-hydrogen) atoms. The van der Waals surface area contributed by atoms with Crippen LogP contribution >= 0.6 is 12.6 Å². The minimum atomic E-state index is -0.947. The van der Waals surface area contributed by atoms with Gasteiger partial charge in [-0.1, -0.05) is 6.42 Å². The van der Waals surface area contributed by atoms with Crippen LogP contribution in [0.5, 0.6) is 0 Å². The highest BCUT2D eigenvalue weighted by Gasteiger charge is 2.23. The number of carbonyl (C=O) groups is 2. The molecule has 0 spiro atoms. The van der Waals surface area contributed by atoms with E-state index in [4.69, 9.17) is 16.6 Å². The summed E-state index contributed by atoms with van der Waals surface area (Å²) in [6, 6.07) is -0.667. The van der Waals surface area contributed by atoms with Gasteiger partial charge >= 0.3 is 5.97 Å². The topological polar surface area (TPSA) is 106 Å². The van der Waals surface area contributed by atoms with E-state index in [9.17, 15) is 9.59 Å². The molecular formula is C10H20N2O3S. The quantitative estimate of drug-likeness (QED) is 0.340. The summed E-state index contributed by atoms with van der Waals surface area (Å²) in [5, 5.41) is 8.93. The van der Waals surface area contributed by atoms with E-state index in [1.54, 1.807) is 0 Å². The Labute approximate surface area is 101 Å². The van der Waals surface area contributed by atoms with Gasteiger partial charge in [0.05, 0.1) is 12.0 Å². The number of carbonyl (C=O) groups excluding carboxylic acids is 1. The molecule has 2 atom stereocenters. The van der Waals surface area contributed by atoms with E-state index in [0.717, 1.165) is 12.8 Å². The van der Waals surface area contributed by atoms with Gasteiger partial charge in [0, 0.05) is 12.2 Å². The van der Waals surface area contributed by atoms with Crippen LogP contribution in [0.1, 0.15) is 25.7 Å². The van der Waals surface area contributed by atoms with Gasteiger partial charge in [-0.05, 0) is 19.4 Å². The van der Waals surface area contributed by atoms with Crippen LogP contribution in [-0.4, -0.2) is 35.2 Å². The molecule has 94 valence electrons. The molecule has 5 nitrogen and oxygen atoms in total. The zero-order valence-electron chi connectivity index (χ0n) is 9.26. The average Bonchev–Trinajstić information content (AvgIpc) is 2.26. The van der Waals surface area contributed by atoms with Gasteiger partial charge in [0.25, 0.3) is 0 Å².